The summed E-state index contributed by atoms with van der Waals surface area (Å²) in [5.41, 5.74) is 1.33. The first-order valence-corrected chi connectivity index (χ1v) is 6.96. The number of ether oxygens (including phenoxy) is 1. The van der Waals surface area contributed by atoms with Gasteiger partial charge in [0.05, 0.1) is 6.61 Å². The van der Waals surface area contributed by atoms with Gasteiger partial charge in [0.25, 0.3) is 0 Å². The quantitative estimate of drug-likeness (QED) is 0.805. The van der Waals surface area contributed by atoms with Crippen LogP contribution in [0.3, 0.4) is 0 Å². The molecule has 0 aromatic heterocycles. The summed E-state index contributed by atoms with van der Waals surface area (Å²) in [7, 11) is 1.65. The molecule has 0 saturated carbocycles. The van der Waals surface area contributed by atoms with E-state index in [1.54, 1.807) is 14.0 Å². The zero-order valence-electron chi connectivity index (χ0n) is 13.0. The molecule has 4 nitrogen and oxygen atoms in total. The van der Waals surface area contributed by atoms with Crippen LogP contribution in [0.5, 0.6) is 5.75 Å². The summed E-state index contributed by atoms with van der Waals surface area (Å²) in [5, 5.41) is 12.0. The van der Waals surface area contributed by atoms with E-state index in [1.165, 1.54) is 0 Å². The molecular formula is C16H25NO3. The fraction of sp³-hybridized carbons (Fsp3) is 0.562. The Kier molecular flexibility index (Phi) is 5.57. The number of hydrogen-bond acceptors (Lipinski definition) is 3. The van der Waals surface area contributed by atoms with Crippen molar-refractivity contribution in [1.29, 1.82) is 0 Å². The van der Waals surface area contributed by atoms with Crippen molar-refractivity contribution in [2.45, 2.75) is 45.6 Å². The summed E-state index contributed by atoms with van der Waals surface area (Å²) in [6.45, 7) is 8.29. The van der Waals surface area contributed by atoms with Crippen LogP contribution in [0.4, 0.5) is 0 Å². The molecule has 0 aliphatic rings. The van der Waals surface area contributed by atoms with Gasteiger partial charge in [-0.25, -0.2) is 0 Å². The minimum atomic E-state index is -0.957. The van der Waals surface area contributed by atoms with Crippen LogP contribution in [0.2, 0.25) is 0 Å². The molecule has 0 fully saturated rings. The normalized spacial score (nSPS) is 14.1. The first-order valence-electron chi connectivity index (χ1n) is 6.96. The molecule has 1 unspecified atom stereocenters. The summed E-state index contributed by atoms with van der Waals surface area (Å²) < 4.78 is 5.82. The lowest BCUT2D eigenvalue weighted by Crippen LogP contribution is -2.48. The number of nitrogens with one attached hydrogen (secondary N) is 1. The number of aliphatic carboxylic acids is 1. The fourth-order valence-electron chi connectivity index (χ4n) is 1.95. The molecule has 0 aliphatic heterocycles. The molecule has 112 valence electrons. The fourth-order valence-corrected chi connectivity index (χ4v) is 1.95. The monoisotopic (exact) mass is 279 g/mol. The molecule has 1 aromatic carbocycles. The van der Waals surface area contributed by atoms with Crippen LogP contribution >= 0.6 is 0 Å². The van der Waals surface area contributed by atoms with Gasteiger partial charge >= 0.3 is 5.97 Å². The third kappa shape index (κ3) is 3.97. The van der Waals surface area contributed by atoms with Gasteiger partial charge in [-0.3, -0.25) is 4.79 Å². The lowest BCUT2D eigenvalue weighted by atomic mass is 9.98. The number of hydrogen-bond donors (Lipinski definition) is 2. The van der Waals surface area contributed by atoms with Gasteiger partial charge in [0.1, 0.15) is 11.3 Å². The smallest absolute Gasteiger partial charge is 0.323 e. The van der Waals surface area contributed by atoms with Crippen LogP contribution in [-0.2, 0) is 4.79 Å². The van der Waals surface area contributed by atoms with Crippen LogP contribution in [0.15, 0.2) is 18.2 Å². The predicted octanol–water partition coefficient (Wildman–Crippen LogP) is 2.95. The highest BCUT2D eigenvalue weighted by Gasteiger charge is 2.30. The maximum atomic E-state index is 11.2. The van der Waals surface area contributed by atoms with E-state index >= 15 is 0 Å². The van der Waals surface area contributed by atoms with Gasteiger partial charge in [-0.1, -0.05) is 26.0 Å². The summed E-state index contributed by atoms with van der Waals surface area (Å²) in [4.78, 5) is 11.2. The highest BCUT2D eigenvalue weighted by molar-refractivity contribution is 5.78. The van der Waals surface area contributed by atoms with E-state index in [4.69, 9.17) is 4.74 Å². The van der Waals surface area contributed by atoms with Crippen molar-refractivity contribution in [2.24, 2.45) is 0 Å². The van der Waals surface area contributed by atoms with Crippen molar-refractivity contribution in [3.05, 3.63) is 29.3 Å². The van der Waals surface area contributed by atoms with Gasteiger partial charge in [-0.05, 0) is 44.0 Å². The molecule has 0 bridgehead atoms. The highest BCUT2D eigenvalue weighted by Crippen LogP contribution is 2.28. The molecule has 0 saturated heterocycles. The predicted molar refractivity (Wildman–Crippen MR) is 80.5 cm³/mol. The second-order valence-electron chi connectivity index (χ2n) is 5.68. The minimum Gasteiger partial charge on any atom is -0.493 e. The lowest BCUT2D eigenvalue weighted by Gasteiger charge is -2.24. The maximum Gasteiger partial charge on any atom is 0.323 e. The Morgan fingerprint density at radius 1 is 1.45 bits per heavy atom. The van der Waals surface area contributed by atoms with E-state index in [1.807, 2.05) is 13.0 Å². The largest absolute Gasteiger partial charge is 0.493 e. The van der Waals surface area contributed by atoms with Gasteiger partial charge in [0.2, 0.25) is 0 Å². The SMILES string of the molecule is CNC(C)(CCOc1cc(C)ccc1C(C)C)C(=O)O. The first-order chi connectivity index (χ1) is 9.30. The molecule has 1 aromatic rings. The number of benzene rings is 1. The zero-order chi connectivity index (χ0) is 15.3. The molecular weight excluding hydrogens is 254 g/mol. The summed E-state index contributed by atoms with van der Waals surface area (Å²) in [6.07, 6.45) is 0.407. The first kappa shape index (κ1) is 16.5. The van der Waals surface area contributed by atoms with Gasteiger partial charge < -0.3 is 15.2 Å². The second-order valence-corrected chi connectivity index (χ2v) is 5.68. The zero-order valence-corrected chi connectivity index (χ0v) is 13.0. The lowest BCUT2D eigenvalue weighted by molar-refractivity contribution is -0.144. The molecule has 0 heterocycles. The molecule has 0 amide bonds. The third-order valence-corrected chi connectivity index (χ3v) is 3.67. The summed E-state index contributed by atoms with van der Waals surface area (Å²) >= 11 is 0. The molecule has 2 N–H and O–H groups in total. The van der Waals surface area contributed by atoms with Crippen LogP contribution in [-0.4, -0.2) is 30.3 Å². The standard InChI is InChI=1S/C16H25NO3/c1-11(2)13-7-6-12(3)10-14(13)20-9-8-16(4,17-5)15(18)19/h6-7,10-11,17H,8-9H2,1-5H3,(H,18,19). The average Bonchev–Trinajstić information content (AvgIpc) is 2.38. The Labute approximate surface area is 121 Å². The van der Waals surface area contributed by atoms with Crippen molar-refractivity contribution < 1.29 is 14.6 Å². The van der Waals surface area contributed by atoms with Crippen molar-refractivity contribution in [2.75, 3.05) is 13.7 Å². The Hall–Kier alpha value is -1.55. The van der Waals surface area contributed by atoms with E-state index in [0.29, 0.717) is 18.9 Å². The third-order valence-electron chi connectivity index (χ3n) is 3.67. The van der Waals surface area contributed by atoms with Crippen LogP contribution in [0.1, 0.15) is 44.2 Å². The van der Waals surface area contributed by atoms with E-state index in [9.17, 15) is 9.90 Å². The molecule has 1 atom stereocenters. The second kappa shape index (κ2) is 6.75. The molecule has 1 rings (SSSR count). The Balaban J connectivity index is 2.75. The summed E-state index contributed by atoms with van der Waals surface area (Å²) in [6, 6.07) is 6.15. The van der Waals surface area contributed by atoms with Crippen molar-refractivity contribution in [3.63, 3.8) is 0 Å². The van der Waals surface area contributed by atoms with Crippen molar-refractivity contribution >= 4 is 5.97 Å². The number of aryl methyl sites for hydroxylation is 1. The Bertz CT molecular complexity index is 471. The Morgan fingerprint density at radius 2 is 2.10 bits per heavy atom. The van der Waals surface area contributed by atoms with Crippen molar-refractivity contribution in [3.8, 4) is 5.75 Å². The topological polar surface area (TPSA) is 58.6 Å². The van der Waals surface area contributed by atoms with Gasteiger partial charge in [-0.15, -0.1) is 0 Å². The molecule has 20 heavy (non-hydrogen) atoms. The maximum absolute atomic E-state index is 11.2. The summed E-state index contributed by atoms with van der Waals surface area (Å²) in [5.74, 6) is 0.363. The van der Waals surface area contributed by atoms with Crippen molar-refractivity contribution in [1.82, 2.24) is 5.32 Å². The number of carbonyl (C=O) groups is 1. The number of rotatable bonds is 7. The molecule has 0 aliphatic carbocycles. The molecule has 4 heteroatoms. The number of likely N-dealkylation sites (N-methyl/N-ethyl adjacent to an activating group) is 1. The highest BCUT2D eigenvalue weighted by atomic mass is 16.5. The number of carboxylic acid groups (broad SMARTS) is 1. The Morgan fingerprint density at radius 3 is 2.60 bits per heavy atom. The van der Waals surface area contributed by atoms with Crippen LogP contribution in [0, 0.1) is 6.92 Å². The number of carboxylic acids is 1. The van der Waals surface area contributed by atoms with Gasteiger partial charge in [0, 0.05) is 6.42 Å². The van der Waals surface area contributed by atoms with Gasteiger partial charge in [0.15, 0.2) is 0 Å². The van der Waals surface area contributed by atoms with Crippen LogP contribution < -0.4 is 10.1 Å². The van der Waals surface area contributed by atoms with E-state index in [-0.39, 0.29) is 0 Å². The van der Waals surface area contributed by atoms with E-state index in [2.05, 4.69) is 31.3 Å². The van der Waals surface area contributed by atoms with Gasteiger partial charge in [-0.2, -0.15) is 0 Å². The average molecular weight is 279 g/mol. The molecule has 0 radical (unpaired) electrons. The molecule has 0 spiro atoms. The van der Waals surface area contributed by atoms with E-state index in [0.717, 1.165) is 16.9 Å². The van der Waals surface area contributed by atoms with Crippen LogP contribution in [0.25, 0.3) is 0 Å². The minimum absolute atomic E-state index is 0.368. The van der Waals surface area contributed by atoms with E-state index < -0.39 is 11.5 Å².